The van der Waals surface area contributed by atoms with Gasteiger partial charge in [-0.15, -0.1) is 0 Å². The van der Waals surface area contributed by atoms with E-state index in [4.69, 9.17) is 28.9 Å². The smallest absolute Gasteiger partial charge is 0.153 e. The number of aromatic nitrogens is 2. The molecule has 0 aliphatic heterocycles. The highest BCUT2D eigenvalue weighted by atomic mass is 35.5. The molecule has 0 aliphatic carbocycles. The van der Waals surface area contributed by atoms with Crippen molar-refractivity contribution in [2.24, 2.45) is 7.05 Å². The Morgan fingerprint density at radius 3 is 2.53 bits per heavy atom. The van der Waals surface area contributed by atoms with E-state index in [2.05, 4.69) is 5.10 Å². The van der Waals surface area contributed by atoms with Gasteiger partial charge in [0.2, 0.25) is 0 Å². The minimum Gasteiger partial charge on any atom is -0.382 e. The number of nitrogens with two attached hydrogens (primary N) is 1. The minimum absolute atomic E-state index is 0.460. The van der Waals surface area contributed by atoms with Crippen LogP contribution in [0.25, 0.3) is 11.1 Å². The van der Waals surface area contributed by atoms with E-state index in [1.165, 1.54) is 0 Å². The second kappa shape index (κ2) is 3.76. The topological polar surface area (TPSA) is 43.8 Å². The van der Waals surface area contributed by atoms with Gasteiger partial charge in [-0.05, 0) is 12.1 Å². The first kappa shape index (κ1) is 10.3. The van der Waals surface area contributed by atoms with Gasteiger partial charge in [-0.3, -0.25) is 4.68 Å². The highest BCUT2D eigenvalue weighted by molar-refractivity contribution is 6.36. The number of rotatable bonds is 1. The monoisotopic (exact) mass is 241 g/mol. The summed E-state index contributed by atoms with van der Waals surface area (Å²) in [6, 6.07) is 5.29. The van der Waals surface area contributed by atoms with E-state index in [1.54, 1.807) is 16.8 Å². The second-order valence-corrected chi connectivity index (χ2v) is 4.07. The number of nitrogen functional groups attached to an aromatic ring is 1. The number of anilines is 1. The fourth-order valence-corrected chi connectivity index (χ4v) is 1.93. The highest BCUT2D eigenvalue weighted by Crippen LogP contribution is 2.32. The van der Waals surface area contributed by atoms with Crippen molar-refractivity contribution in [3.8, 4) is 11.1 Å². The number of benzene rings is 1. The average molecular weight is 242 g/mol. The number of halogens is 2. The Labute approximate surface area is 97.4 Å². The van der Waals surface area contributed by atoms with Crippen LogP contribution in [0.15, 0.2) is 24.4 Å². The summed E-state index contributed by atoms with van der Waals surface area (Å²) in [5.41, 5.74) is 7.41. The maximum atomic E-state index is 6.07. The van der Waals surface area contributed by atoms with Crippen molar-refractivity contribution < 1.29 is 0 Å². The molecular weight excluding hydrogens is 233 g/mol. The van der Waals surface area contributed by atoms with Crippen LogP contribution in [0.5, 0.6) is 0 Å². The largest absolute Gasteiger partial charge is 0.382 e. The van der Waals surface area contributed by atoms with E-state index in [-0.39, 0.29) is 0 Å². The van der Waals surface area contributed by atoms with Crippen LogP contribution in [0.4, 0.5) is 5.82 Å². The van der Waals surface area contributed by atoms with Gasteiger partial charge in [0.25, 0.3) is 0 Å². The number of hydrogen-bond acceptors (Lipinski definition) is 2. The zero-order valence-electron chi connectivity index (χ0n) is 8.04. The lowest BCUT2D eigenvalue weighted by molar-refractivity contribution is 0.772. The van der Waals surface area contributed by atoms with Crippen LogP contribution in [-0.2, 0) is 7.05 Å². The van der Waals surface area contributed by atoms with Crippen molar-refractivity contribution in [2.45, 2.75) is 0 Å². The third-order valence-corrected chi connectivity index (χ3v) is 2.63. The molecule has 2 aromatic rings. The van der Waals surface area contributed by atoms with Crippen LogP contribution >= 0.6 is 23.2 Å². The third-order valence-electron chi connectivity index (χ3n) is 2.08. The van der Waals surface area contributed by atoms with Crippen LogP contribution in [0, 0.1) is 0 Å². The summed E-state index contributed by atoms with van der Waals surface area (Å²) in [5.74, 6) is 0.460. The molecule has 0 unspecified atom stereocenters. The van der Waals surface area contributed by atoms with E-state index in [0.717, 1.165) is 11.1 Å². The van der Waals surface area contributed by atoms with Gasteiger partial charge in [0.1, 0.15) is 0 Å². The van der Waals surface area contributed by atoms with Crippen molar-refractivity contribution in [1.82, 2.24) is 9.78 Å². The highest BCUT2D eigenvalue weighted by Gasteiger charge is 2.10. The fourth-order valence-electron chi connectivity index (χ4n) is 1.42. The van der Waals surface area contributed by atoms with Crippen molar-refractivity contribution in [3.63, 3.8) is 0 Å². The Balaban J connectivity index is 2.59. The van der Waals surface area contributed by atoms with Gasteiger partial charge in [0, 0.05) is 29.4 Å². The van der Waals surface area contributed by atoms with Crippen molar-refractivity contribution in [2.75, 3.05) is 5.73 Å². The van der Waals surface area contributed by atoms with Gasteiger partial charge in [0.15, 0.2) is 5.82 Å². The van der Waals surface area contributed by atoms with Gasteiger partial charge >= 0.3 is 0 Å². The van der Waals surface area contributed by atoms with Gasteiger partial charge in [0.05, 0.1) is 5.02 Å². The lowest BCUT2D eigenvalue weighted by Crippen LogP contribution is -1.90. The molecule has 0 bridgehead atoms. The molecule has 2 rings (SSSR count). The minimum atomic E-state index is 0.460. The Morgan fingerprint density at radius 1 is 1.27 bits per heavy atom. The zero-order chi connectivity index (χ0) is 11.0. The van der Waals surface area contributed by atoms with Crippen LogP contribution in [0.3, 0.4) is 0 Å². The predicted molar refractivity (Wildman–Crippen MR) is 63.1 cm³/mol. The number of nitrogens with zero attached hydrogens (tertiary/aromatic N) is 2. The molecule has 0 spiro atoms. The molecule has 3 nitrogen and oxygen atoms in total. The molecule has 0 aliphatic rings. The molecule has 1 aromatic heterocycles. The molecule has 0 atom stereocenters. The van der Waals surface area contributed by atoms with E-state index in [9.17, 15) is 0 Å². The number of hydrogen-bond donors (Lipinski definition) is 1. The summed E-state index contributed by atoms with van der Waals surface area (Å²) in [7, 11) is 1.81. The maximum Gasteiger partial charge on any atom is 0.153 e. The van der Waals surface area contributed by atoms with E-state index in [1.807, 2.05) is 19.3 Å². The summed E-state index contributed by atoms with van der Waals surface area (Å²) in [6.45, 7) is 0. The maximum absolute atomic E-state index is 6.07. The first-order valence-corrected chi connectivity index (χ1v) is 5.08. The molecule has 0 amide bonds. The molecule has 0 fully saturated rings. The molecule has 0 saturated heterocycles. The Kier molecular flexibility index (Phi) is 2.59. The Hall–Kier alpha value is -1.19. The summed E-state index contributed by atoms with van der Waals surface area (Å²) in [5, 5.41) is 5.23. The zero-order valence-corrected chi connectivity index (χ0v) is 9.55. The Bertz CT molecular complexity index is 505. The lowest BCUT2D eigenvalue weighted by atomic mass is 10.1. The summed E-state index contributed by atoms with van der Waals surface area (Å²) < 4.78 is 1.65. The van der Waals surface area contributed by atoms with Gasteiger partial charge < -0.3 is 5.73 Å². The van der Waals surface area contributed by atoms with Gasteiger partial charge in [-0.1, -0.05) is 29.3 Å². The van der Waals surface area contributed by atoms with Crippen molar-refractivity contribution in [3.05, 3.63) is 34.4 Å². The first-order chi connectivity index (χ1) is 7.08. The normalized spacial score (nSPS) is 10.6. The van der Waals surface area contributed by atoms with Crippen molar-refractivity contribution >= 4 is 29.0 Å². The first-order valence-electron chi connectivity index (χ1n) is 4.32. The number of aryl methyl sites for hydroxylation is 1. The molecule has 1 heterocycles. The lowest BCUT2D eigenvalue weighted by Gasteiger charge is -2.02. The average Bonchev–Trinajstić information content (AvgIpc) is 2.45. The molecule has 15 heavy (non-hydrogen) atoms. The van der Waals surface area contributed by atoms with E-state index in [0.29, 0.717) is 15.9 Å². The Morgan fingerprint density at radius 2 is 2.00 bits per heavy atom. The second-order valence-electron chi connectivity index (χ2n) is 3.23. The summed E-state index contributed by atoms with van der Waals surface area (Å²) in [6.07, 6.45) is 1.82. The molecule has 78 valence electrons. The van der Waals surface area contributed by atoms with Crippen molar-refractivity contribution in [1.29, 1.82) is 0 Å². The SMILES string of the molecule is Cn1cc(-c2ccc(Cl)cc2Cl)c(N)n1. The molecule has 1 aromatic carbocycles. The fraction of sp³-hybridized carbons (Fsp3) is 0.100. The molecule has 0 radical (unpaired) electrons. The summed E-state index contributed by atoms with van der Waals surface area (Å²) >= 11 is 11.9. The van der Waals surface area contributed by atoms with Crippen LogP contribution in [-0.4, -0.2) is 9.78 Å². The van der Waals surface area contributed by atoms with Crippen LogP contribution < -0.4 is 5.73 Å². The molecular formula is C10H9Cl2N3. The molecule has 0 saturated carbocycles. The van der Waals surface area contributed by atoms with Gasteiger partial charge in [-0.25, -0.2) is 0 Å². The van der Waals surface area contributed by atoms with Gasteiger partial charge in [-0.2, -0.15) is 5.10 Å². The quantitative estimate of drug-likeness (QED) is 0.835. The summed E-state index contributed by atoms with van der Waals surface area (Å²) in [4.78, 5) is 0. The molecule has 5 heteroatoms. The van der Waals surface area contributed by atoms with Crippen LogP contribution in [0.2, 0.25) is 10.0 Å². The van der Waals surface area contributed by atoms with E-state index >= 15 is 0 Å². The standard InChI is InChI=1S/C10H9Cl2N3/c1-15-5-8(10(13)14-15)7-3-2-6(11)4-9(7)12/h2-5H,1H3,(H2,13,14). The van der Waals surface area contributed by atoms with Crippen LogP contribution in [0.1, 0.15) is 0 Å². The predicted octanol–water partition coefficient (Wildman–Crippen LogP) is 2.98. The molecule has 2 N–H and O–H groups in total. The third kappa shape index (κ3) is 1.94. The van der Waals surface area contributed by atoms with E-state index < -0.39 is 0 Å².